The van der Waals surface area contributed by atoms with E-state index in [0.717, 1.165) is 27.8 Å². The highest BCUT2D eigenvalue weighted by molar-refractivity contribution is 14.1. The Morgan fingerprint density at radius 3 is 2.93 bits per heavy atom. The quantitative estimate of drug-likeness (QED) is 0.632. The largest absolute Gasteiger partial charge is 0.352 e. The molecule has 1 amide bonds. The van der Waals surface area contributed by atoms with Crippen LogP contribution in [-0.4, -0.2) is 17.4 Å². The van der Waals surface area contributed by atoms with Crippen molar-refractivity contribution in [3.8, 4) is 0 Å². The molecular formula is C10H9IN2O. The van der Waals surface area contributed by atoms with Gasteiger partial charge in [0, 0.05) is 18.8 Å². The van der Waals surface area contributed by atoms with E-state index in [-0.39, 0.29) is 5.91 Å². The molecule has 1 aliphatic heterocycles. The van der Waals surface area contributed by atoms with E-state index in [2.05, 4.69) is 32.9 Å². The first-order chi connectivity index (χ1) is 6.75. The summed E-state index contributed by atoms with van der Waals surface area (Å²) in [6.07, 6.45) is 4.34. The second kappa shape index (κ2) is 4.08. The zero-order valence-corrected chi connectivity index (χ0v) is 9.61. The Labute approximate surface area is 95.8 Å². The van der Waals surface area contributed by atoms with Gasteiger partial charge in [0.05, 0.1) is 0 Å². The van der Waals surface area contributed by atoms with Gasteiger partial charge >= 0.3 is 0 Å². The zero-order chi connectivity index (χ0) is 9.97. The summed E-state index contributed by atoms with van der Waals surface area (Å²) >= 11 is 2.16. The molecule has 2 rings (SSSR count). The standard InChI is InChI=1S/C10H9IN2O/c11-9-2-1-8(6-13-9)7-3-4-12-10(14)5-7/h1-2,5-6H,3-4H2,(H,12,14). The lowest BCUT2D eigenvalue weighted by Gasteiger charge is -2.13. The Morgan fingerprint density at radius 2 is 2.29 bits per heavy atom. The number of carbonyl (C=O) groups is 1. The van der Waals surface area contributed by atoms with Gasteiger partial charge in [0.15, 0.2) is 0 Å². The van der Waals surface area contributed by atoms with Crippen molar-refractivity contribution < 1.29 is 4.79 Å². The molecule has 14 heavy (non-hydrogen) atoms. The van der Waals surface area contributed by atoms with Crippen LogP contribution in [0.4, 0.5) is 0 Å². The van der Waals surface area contributed by atoms with E-state index < -0.39 is 0 Å². The Bertz CT molecular complexity index is 384. The van der Waals surface area contributed by atoms with Gasteiger partial charge in [-0.3, -0.25) is 4.79 Å². The minimum atomic E-state index is -0.00944. The van der Waals surface area contributed by atoms with E-state index in [1.807, 2.05) is 18.3 Å². The molecule has 0 saturated carbocycles. The van der Waals surface area contributed by atoms with Crippen LogP contribution in [0.5, 0.6) is 0 Å². The maximum absolute atomic E-state index is 11.1. The number of nitrogens with one attached hydrogen (secondary N) is 1. The fraction of sp³-hybridized carbons (Fsp3) is 0.200. The summed E-state index contributed by atoms with van der Waals surface area (Å²) in [7, 11) is 0. The van der Waals surface area contributed by atoms with E-state index in [0.29, 0.717) is 0 Å². The molecule has 0 aliphatic carbocycles. The van der Waals surface area contributed by atoms with Crippen LogP contribution in [0.1, 0.15) is 12.0 Å². The van der Waals surface area contributed by atoms with Crippen LogP contribution in [-0.2, 0) is 4.79 Å². The van der Waals surface area contributed by atoms with Crippen molar-refractivity contribution in [3.63, 3.8) is 0 Å². The van der Waals surface area contributed by atoms with Crippen molar-refractivity contribution in [2.24, 2.45) is 0 Å². The van der Waals surface area contributed by atoms with Gasteiger partial charge in [-0.05, 0) is 46.2 Å². The van der Waals surface area contributed by atoms with Gasteiger partial charge in [-0.2, -0.15) is 0 Å². The number of aromatic nitrogens is 1. The van der Waals surface area contributed by atoms with Crippen LogP contribution < -0.4 is 5.32 Å². The zero-order valence-electron chi connectivity index (χ0n) is 7.46. The van der Waals surface area contributed by atoms with E-state index >= 15 is 0 Å². The monoisotopic (exact) mass is 300 g/mol. The number of nitrogens with zero attached hydrogens (tertiary/aromatic N) is 1. The summed E-state index contributed by atoms with van der Waals surface area (Å²) in [6, 6.07) is 3.95. The molecule has 1 N–H and O–H groups in total. The predicted molar refractivity (Wildman–Crippen MR) is 62.6 cm³/mol. The minimum absolute atomic E-state index is 0.00944. The molecule has 0 radical (unpaired) electrons. The topological polar surface area (TPSA) is 42.0 Å². The normalized spacial score (nSPS) is 16.1. The molecule has 4 heteroatoms. The van der Waals surface area contributed by atoms with E-state index in [4.69, 9.17) is 0 Å². The number of pyridine rings is 1. The summed E-state index contributed by atoms with van der Waals surface area (Å²) in [6.45, 7) is 0.719. The molecule has 1 aromatic rings. The average Bonchev–Trinajstić information content (AvgIpc) is 2.19. The Kier molecular flexibility index (Phi) is 2.81. The fourth-order valence-corrected chi connectivity index (χ4v) is 1.71. The molecule has 0 saturated heterocycles. The molecule has 1 aliphatic rings. The van der Waals surface area contributed by atoms with Crippen molar-refractivity contribution >= 4 is 34.1 Å². The summed E-state index contributed by atoms with van der Waals surface area (Å²) in [5, 5.41) is 2.76. The van der Waals surface area contributed by atoms with Gasteiger partial charge in [-0.25, -0.2) is 4.98 Å². The first kappa shape index (κ1) is 9.64. The van der Waals surface area contributed by atoms with Crippen molar-refractivity contribution in [3.05, 3.63) is 33.7 Å². The Hall–Kier alpha value is -0.910. The van der Waals surface area contributed by atoms with Gasteiger partial charge in [-0.15, -0.1) is 0 Å². The molecule has 1 aromatic heterocycles. The number of hydrogen-bond donors (Lipinski definition) is 1. The van der Waals surface area contributed by atoms with Crippen LogP contribution in [0.25, 0.3) is 5.57 Å². The number of amides is 1. The maximum atomic E-state index is 11.1. The molecule has 0 fully saturated rings. The summed E-state index contributed by atoms with van der Waals surface area (Å²) < 4.78 is 0.965. The third-order valence-electron chi connectivity index (χ3n) is 2.10. The molecular weight excluding hydrogens is 291 g/mol. The summed E-state index contributed by atoms with van der Waals surface area (Å²) in [4.78, 5) is 15.3. The van der Waals surface area contributed by atoms with Crippen molar-refractivity contribution in [2.75, 3.05) is 6.54 Å². The maximum Gasteiger partial charge on any atom is 0.244 e. The van der Waals surface area contributed by atoms with Gasteiger partial charge in [0.1, 0.15) is 3.70 Å². The first-order valence-corrected chi connectivity index (χ1v) is 5.44. The van der Waals surface area contributed by atoms with Crippen LogP contribution in [0.15, 0.2) is 24.4 Å². The lowest BCUT2D eigenvalue weighted by molar-refractivity contribution is -0.116. The van der Waals surface area contributed by atoms with Crippen LogP contribution >= 0.6 is 22.6 Å². The molecule has 0 atom stereocenters. The third kappa shape index (κ3) is 2.12. The van der Waals surface area contributed by atoms with Crippen molar-refractivity contribution in [1.29, 1.82) is 0 Å². The predicted octanol–water partition coefficient (Wildman–Crippen LogP) is 1.59. The smallest absolute Gasteiger partial charge is 0.244 e. The van der Waals surface area contributed by atoms with Crippen LogP contribution in [0.2, 0.25) is 0 Å². The lowest BCUT2D eigenvalue weighted by atomic mass is 10.0. The summed E-state index contributed by atoms with van der Waals surface area (Å²) in [5.74, 6) is -0.00944. The second-order valence-corrected chi connectivity index (χ2v) is 4.19. The number of hydrogen-bond acceptors (Lipinski definition) is 2. The minimum Gasteiger partial charge on any atom is -0.352 e. The number of carbonyl (C=O) groups excluding carboxylic acids is 1. The molecule has 2 heterocycles. The Balaban J connectivity index is 2.30. The molecule has 3 nitrogen and oxygen atoms in total. The van der Waals surface area contributed by atoms with Crippen LogP contribution in [0.3, 0.4) is 0 Å². The van der Waals surface area contributed by atoms with Gasteiger partial charge < -0.3 is 5.32 Å². The number of halogens is 1. The third-order valence-corrected chi connectivity index (χ3v) is 2.74. The van der Waals surface area contributed by atoms with Gasteiger partial charge in [0.25, 0.3) is 0 Å². The second-order valence-electron chi connectivity index (χ2n) is 3.08. The van der Waals surface area contributed by atoms with Crippen LogP contribution in [0, 0.1) is 3.70 Å². The van der Waals surface area contributed by atoms with E-state index in [1.165, 1.54) is 0 Å². The molecule has 0 spiro atoms. The molecule has 72 valence electrons. The Morgan fingerprint density at radius 1 is 1.43 bits per heavy atom. The highest BCUT2D eigenvalue weighted by atomic mass is 127. The highest BCUT2D eigenvalue weighted by Crippen LogP contribution is 2.19. The van der Waals surface area contributed by atoms with Gasteiger partial charge in [-0.1, -0.05) is 6.07 Å². The van der Waals surface area contributed by atoms with E-state index in [1.54, 1.807) is 6.08 Å². The summed E-state index contributed by atoms with van der Waals surface area (Å²) in [5.41, 5.74) is 2.11. The lowest BCUT2D eigenvalue weighted by Crippen LogP contribution is -2.26. The first-order valence-electron chi connectivity index (χ1n) is 4.36. The number of rotatable bonds is 1. The fourth-order valence-electron chi connectivity index (χ4n) is 1.40. The van der Waals surface area contributed by atoms with Gasteiger partial charge in [0.2, 0.25) is 5.91 Å². The highest BCUT2D eigenvalue weighted by Gasteiger charge is 2.10. The van der Waals surface area contributed by atoms with Crippen molar-refractivity contribution in [1.82, 2.24) is 10.3 Å². The molecule has 0 aromatic carbocycles. The SMILES string of the molecule is O=C1C=C(c2ccc(I)nc2)CCN1. The average molecular weight is 300 g/mol. The molecule has 0 unspecified atom stereocenters. The van der Waals surface area contributed by atoms with E-state index in [9.17, 15) is 4.79 Å². The van der Waals surface area contributed by atoms with Crippen molar-refractivity contribution in [2.45, 2.75) is 6.42 Å². The molecule has 0 bridgehead atoms.